The number of amides is 2. The van der Waals surface area contributed by atoms with Gasteiger partial charge in [0.05, 0.1) is 0 Å². The summed E-state index contributed by atoms with van der Waals surface area (Å²) in [5, 5.41) is 7.66. The third-order valence-electron chi connectivity index (χ3n) is 2.66. The number of thiophene rings is 1. The highest BCUT2D eigenvalue weighted by Crippen LogP contribution is 2.10. The third-order valence-corrected chi connectivity index (χ3v) is 4.66. The van der Waals surface area contributed by atoms with Gasteiger partial charge in [0.25, 0.3) is 0 Å². The summed E-state index contributed by atoms with van der Waals surface area (Å²) in [4.78, 5) is 24.5. The van der Waals surface area contributed by atoms with Gasteiger partial charge in [0.15, 0.2) is 0 Å². The van der Waals surface area contributed by atoms with Crippen LogP contribution in [-0.4, -0.2) is 35.9 Å². The average Bonchev–Trinajstić information content (AvgIpc) is 2.77. The van der Waals surface area contributed by atoms with E-state index in [1.165, 1.54) is 4.88 Å². The Labute approximate surface area is 115 Å². The smallest absolute Gasteiger partial charge is 0.243 e. The monoisotopic (exact) mass is 284 g/mol. The number of thioether (sulfide) groups is 1. The van der Waals surface area contributed by atoms with E-state index in [0.29, 0.717) is 18.7 Å². The van der Waals surface area contributed by atoms with Crippen LogP contribution in [0.2, 0.25) is 0 Å². The maximum absolute atomic E-state index is 11.9. The highest BCUT2D eigenvalue weighted by atomic mass is 32.2. The van der Waals surface area contributed by atoms with Gasteiger partial charge in [-0.3, -0.25) is 9.59 Å². The summed E-state index contributed by atoms with van der Waals surface area (Å²) in [6.45, 7) is 0.621. The van der Waals surface area contributed by atoms with E-state index in [0.717, 1.165) is 12.2 Å². The van der Waals surface area contributed by atoms with E-state index >= 15 is 0 Å². The van der Waals surface area contributed by atoms with E-state index in [9.17, 15) is 9.59 Å². The lowest BCUT2D eigenvalue weighted by Gasteiger charge is -2.14. The lowest BCUT2D eigenvalue weighted by atomic mass is 10.2. The summed E-state index contributed by atoms with van der Waals surface area (Å²) in [5.41, 5.74) is 0. The van der Waals surface area contributed by atoms with E-state index in [2.05, 4.69) is 16.7 Å². The topological polar surface area (TPSA) is 58.2 Å². The van der Waals surface area contributed by atoms with Gasteiger partial charge in [-0.2, -0.15) is 11.8 Å². The molecule has 0 aromatic carbocycles. The minimum Gasteiger partial charge on any atom is -0.354 e. The van der Waals surface area contributed by atoms with Gasteiger partial charge in [-0.05, 0) is 17.9 Å². The van der Waals surface area contributed by atoms with Crippen molar-refractivity contribution in [2.45, 2.75) is 18.9 Å². The number of hydrogen-bond donors (Lipinski definition) is 2. The van der Waals surface area contributed by atoms with Crippen molar-refractivity contribution in [3.8, 4) is 0 Å². The van der Waals surface area contributed by atoms with Gasteiger partial charge in [-0.25, -0.2) is 0 Å². The zero-order valence-corrected chi connectivity index (χ0v) is 11.6. The maximum atomic E-state index is 11.9. The first-order valence-electron chi connectivity index (χ1n) is 5.93. The highest BCUT2D eigenvalue weighted by Gasteiger charge is 2.22. The summed E-state index contributed by atoms with van der Waals surface area (Å²) >= 11 is 3.33. The SMILES string of the molecule is O=C1CCSCC(C(=O)NCCc2cccs2)N1. The maximum Gasteiger partial charge on any atom is 0.243 e. The van der Waals surface area contributed by atoms with Crippen LogP contribution in [0.5, 0.6) is 0 Å². The van der Waals surface area contributed by atoms with Crippen molar-refractivity contribution in [3.05, 3.63) is 22.4 Å². The molecule has 4 nitrogen and oxygen atoms in total. The van der Waals surface area contributed by atoms with Crippen molar-refractivity contribution in [3.63, 3.8) is 0 Å². The van der Waals surface area contributed by atoms with Crippen LogP contribution in [0.3, 0.4) is 0 Å². The Morgan fingerprint density at radius 3 is 3.22 bits per heavy atom. The number of hydrogen-bond acceptors (Lipinski definition) is 4. The van der Waals surface area contributed by atoms with Crippen molar-refractivity contribution in [2.24, 2.45) is 0 Å². The molecule has 2 heterocycles. The standard InChI is InChI=1S/C12H16N2O2S2/c15-11-4-7-17-8-10(14-11)12(16)13-5-3-9-2-1-6-18-9/h1-2,6,10H,3-5,7-8H2,(H,13,16)(H,14,15). The molecular weight excluding hydrogens is 268 g/mol. The van der Waals surface area contributed by atoms with Crippen molar-refractivity contribution >= 4 is 34.9 Å². The molecular formula is C12H16N2O2S2. The molecule has 1 fully saturated rings. The van der Waals surface area contributed by atoms with Gasteiger partial charge in [0, 0.05) is 29.3 Å². The molecule has 1 aromatic heterocycles. The van der Waals surface area contributed by atoms with Crippen LogP contribution in [0.4, 0.5) is 0 Å². The van der Waals surface area contributed by atoms with E-state index in [4.69, 9.17) is 0 Å². The first-order chi connectivity index (χ1) is 8.75. The number of carbonyl (C=O) groups is 2. The molecule has 1 aromatic rings. The van der Waals surface area contributed by atoms with Crippen LogP contribution >= 0.6 is 23.1 Å². The second-order valence-corrected chi connectivity index (χ2v) is 6.25. The van der Waals surface area contributed by atoms with Crippen LogP contribution in [0, 0.1) is 0 Å². The van der Waals surface area contributed by atoms with Gasteiger partial charge >= 0.3 is 0 Å². The Balaban J connectivity index is 1.74. The normalized spacial score (nSPS) is 20.0. The predicted molar refractivity (Wildman–Crippen MR) is 74.9 cm³/mol. The van der Waals surface area contributed by atoms with Crippen LogP contribution in [-0.2, 0) is 16.0 Å². The first kappa shape index (κ1) is 13.4. The number of rotatable bonds is 4. The number of carbonyl (C=O) groups excluding carboxylic acids is 2. The molecule has 2 rings (SSSR count). The van der Waals surface area contributed by atoms with E-state index < -0.39 is 0 Å². The van der Waals surface area contributed by atoms with Gasteiger partial charge in [-0.1, -0.05) is 6.07 Å². The van der Waals surface area contributed by atoms with Crippen LogP contribution in [0.1, 0.15) is 11.3 Å². The van der Waals surface area contributed by atoms with Gasteiger partial charge < -0.3 is 10.6 Å². The summed E-state index contributed by atoms with van der Waals surface area (Å²) in [6.07, 6.45) is 1.35. The second-order valence-electron chi connectivity index (χ2n) is 4.07. The fourth-order valence-electron chi connectivity index (χ4n) is 1.70. The fourth-order valence-corrected chi connectivity index (χ4v) is 3.38. The Morgan fingerprint density at radius 1 is 1.56 bits per heavy atom. The molecule has 0 radical (unpaired) electrons. The molecule has 1 atom stereocenters. The van der Waals surface area contributed by atoms with Crippen molar-refractivity contribution in [2.75, 3.05) is 18.1 Å². The van der Waals surface area contributed by atoms with Gasteiger partial charge in [-0.15, -0.1) is 11.3 Å². The summed E-state index contributed by atoms with van der Waals surface area (Å²) in [5.74, 6) is 1.36. The minimum atomic E-state index is -0.381. The molecule has 0 aliphatic carbocycles. The summed E-state index contributed by atoms with van der Waals surface area (Å²) in [7, 11) is 0. The van der Waals surface area contributed by atoms with Crippen molar-refractivity contribution in [1.82, 2.24) is 10.6 Å². The van der Waals surface area contributed by atoms with E-state index in [-0.39, 0.29) is 17.9 Å². The molecule has 1 aliphatic heterocycles. The lowest BCUT2D eigenvalue weighted by Crippen LogP contribution is -2.47. The van der Waals surface area contributed by atoms with E-state index in [1.807, 2.05) is 11.4 Å². The largest absolute Gasteiger partial charge is 0.354 e. The zero-order chi connectivity index (χ0) is 12.8. The lowest BCUT2D eigenvalue weighted by molar-refractivity contribution is -0.128. The Hall–Kier alpha value is -1.01. The fraction of sp³-hybridized carbons (Fsp3) is 0.500. The van der Waals surface area contributed by atoms with Crippen molar-refractivity contribution < 1.29 is 9.59 Å². The third kappa shape index (κ3) is 4.03. The molecule has 1 unspecified atom stereocenters. The van der Waals surface area contributed by atoms with Crippen LogP contribution in [0.15, 0.2) is 17.5 Å². The van der Waals surface area contributed by atoms with Crippen molar-refractivity contribution in [1.29, 1.82) is 0 Å². The first-order valence-corrected chi connectivity index (χ1v) is 7.96. The molecule has 98 valence electrons. The Kier molecular flexibility index (Phi) is 5.07. The Bertz CT molecular complexity index is 406. The molecule has 6 heteroatoms. The summed E-state index contributed by atoms with van der Waals surface area (Å²) < 4.78 is 0. The Morgan fingerprint density at radius 2 is 2.44 bits per heavy atom. The van der Waals surface area contributed by atoms with Crippen LogP contribution in [0.25, 0.3) is 0 Å². The van der Waals surface area contributed by atoms with Crippen LogP contribution < -0.4 is 10.6 Å². The summed E-state index contributed by atoms with van der Waals surface area (Å²) in [6, 6.07) is 3.68. The predicted octanol–water partition coefficient (Wildman–Crippen LogP) is 1.03. The molecule has 0 spiro atoms. The molecule has 18 heavy (non-hydrogen) atoms. The zero-order valence-electron chi connectivity index (χ0n) is 9.98. The molecule has 2 N–H and O–H groups in total. The molecule has 1 aliphatic rings. The average molecular weight is 284 g/mol. The second kappa shape index (κ2) is 6.80. The van der Waals surface area contributed by atoms with E-state index in [1.54, 1.807) is 23.1 Å². The number of nitrogens with one attached hydrogen (secondary N) is 2. The quantitative estimate of drug-likeness (QED) is 0.868. The highest BCUT2D eigenvalue weighted by molar-refractivity contribution is 7.99. The molecule has 1 saturated heterocycles. The van der Waals surface area contributed by atoms with Gasteiger partial charge in [0.1, 0.15) is 6.04 Å². The molecule has 0 saturated carbocycles. The molecule has 2 amide bonds. The van der Waals surface area contributed by atoms with Gasteiger partial charge in [0.2, 0.25) is 11.8 Å². The minimum absolute atomic E-state index is 0.0293. The molecule has 0 bridgehead atoms.